The van der Waals surface area contributed by atoms with E-state index in [1.165, 1.54) is 6.92 Å². The molecule has 0 N–H and O–H groups in total. The molecule has 0 amide bonds. The van der Waals surface area contributed by atoms with Crippen molar-refractivity contribution in [1.29, 1.82) is 0 Å². The van der Waals surface area contributed by atoms with Gasteiger partial charge in [0.25, 0.3) is 0 Å². The van der Waals surface area contributed by atoms with Gasteiger partial charge in [0.1, 0.15) is 6.04 Å². The topological polar surface area (TPSA) is 29.4 Å². The lowest BCUT2D eigenvalue weighted by molar-refractivity contribution is -0.117. The van der Waals surface area contributed by atoms with Crippen molar-refractivity contribution >= 4 is 12.0 Å². The molecule has 1 unspecified atom stereocenters. The van der Waals surface area contributed by atoms with E-state index < -0.39 is 0 Å². The molecular formula is C6H11NO. The quantitative estimate of drug-likeness (QED) is 0.492. The maximum absolute atomic E-state index is 10.4. The molecule has 0 aliphatic rings. The molecule has 0 aromatic rings. The Morgan fingerprint density at radius 2 is 2.25 bits per heavy atom. The molecule has 0 aromatic carbocycles. The molecule has 0 saturated carbocycles. The van der Waals surface area contributed by atoms with Crippen LogP contribution in [0.3, 0.4) is 0 Å². The first-order valence-electron chi connectivity index (χ1n) is 2.66. The van der Waals surface area contributed by atoms with Crippen LogP contribution in [0, 0.1) is 0 Å². The first-order chi connectivity index (χ1) is 3.68. The largest absolute Gasteiger partial charge is 0.298 e. The van der Waals surface area contributed by atoms with Crippen LogP contribution in [-0.4, -0.2) is 18.0 Å². The zero-order valence-corrected chi connectivity index (χ0v) is 5.51. The number of aliphatic imine (C=N–C) groups is 1. The van der Waals surface area contributed by atoms with Crippen LogP contribution in [0.25, 0.3) is 0 Å². The van der Waals surface area contributed by atoms with Crippen LogP contribution in [0.1, 0.15) is 20.8 Å². The monoisotopic (exact) mass is 113 g/mol. The van der Waals surface area contributed by atoms with Gasteiger partial charge in [0.2, 0.25) is 0 Å². The summed E-state index contributed by atoms with van der Waals surface area (Å²) >= 11 is 0. The van der Waals surface area contributed by atoms with Crippen molar-refractivity contribution in [2.24, 2.45) is 4.99 Å². The highest BCUT2D eigenvalue weighted by atomic mass is 16.1. The van der Waals surface area contributed by atoms with E-state index in [4.69, 9.17) is 0 Å². The molecule has 2 heteroatoms. The maximum atomic E-state index is 10.4. The van der Waals surface area contributed by atoms with Gasteiger partial charge in [-0.15, -0.1) is 0 Å². The molecule has 0 radical (unpaired) electrons. The summed E-state index contributed by atoms with van der Waals surface area (Å²) in [6.07, 6.45) is 1.64. The van der Waals surface area contributed by atoms with Gasteiger partial charge in [0, 0.05) is 0 Å². The van der Waals surface area contributed by atoms with Crippen molar-refractivity contribution < 1.29 is 4.79 Å². The van der Waals surface area contributed by atoms with Crippen LogP contribution in [0.2, 0.25) is 0 Å². The molecular weight excluding hydrogens is 102 g/mol. The smallest absolute Gasteiger partial charge is 0.153 e. The highest BCUT2D eigenvalue weighted by Crippen LogP contribution is 1.87. The Bertz CT molecular complexity index is 107. The molecule has 0 spiro atoms. The summed E-state index contributed by atoms with van der Waals surface area (Å²) in [5, 5.41) is 0. The molecule has 0 rings (SSSR count). The molecule has 46 valence electrons. The van der Waals surface area contributed by atoms with Crippen molar-refractivity contribution in [3.8, 4) is 0 Å². The number of hydrogen-bond acceptors (Lipinski definition) is 2. The summed E-state index contributed by atoms with van der Waals surface area (Å²) in [5.74, 6) is 0.114. The lowest BCUT2D eigenvalue weighted by Crippen LogP contribution is -2.09. The van der Waals surface area contributed by atoms with Gasteiger partial charge in [-0.3, -0.25) is 9.79 Å². The zero-order valence-electron chi connectivity index (χ0n) is 5.51. The predicted octanol–water partition coefficient (Wildman–Crippen LogP) is 1.05. The molecule has 0 aromatic heterocycles. The number of rotatable bonds is 2. The van der Waals surface area contributed by atoms with E-state index in [1.54, 1.807) is 20.1 Å². The number of hydrogen-bond donors (Lipinski definition) is 0. The van der Waals surface area contributed by atoms with E-state index >= 15 is 0 Å². The van der Waals surface area contributed by atoms with Crippen LogP contribution < -0.4 is 0 Å². The molecule has 0 saturated heterocycles. The summed E-state index contributed by atoms with van der Waals surface area (Å²) in [7, 11) is 0. The van der Waals surface area contributed by atoms with E-state index in [2.05, 4.69) is 4.99 Å². The minimum Gasteiger partial charge on any atom is -0.298 e. The summed E-state index contributed by atoms with van der Waals surface area (Å²) < 4.78 is 0. The number of carbonyl (C=O) groups is 1. The Hall–Kier alpha value is -0.660. The highest BCUT2D eigenvalue weighted by molar-refractivity contribution is 5.82. The van der Waals surface area contributed by atoms with Gasteiger partial charge in [-0.2, -0.15) is 0 Å². The van der Waals surface area contributed by atoms with Gasteiger partial charge in [0.15, 0.2) is 5.78 Å². The standard InChI is InChI=1S/C6H11NO/c1-4-7-5(2)6(3)8/h4-5H,1-3H3/b7-4+. The van der Waals surface area contributed by atoms with Crippen molar-refractivity contribution in [2.45, 2.75) is 26.8 Å². The average molecular weight is 113 g/mol. The Labute approximate surface area is 49.6 Å². The number of ketones is 1. The van der Waals surface area contributed by atoms with Crippen molar-refractivity contribution in [2.75, 3.05) is 0 Å². The first kappa shape index (κ1) is 7.34. The Morgan fingerprint density at radius 1 is 1.75 bits per heavy atom. The molecule has 0 bridgehead atoms. The van der Waals surface area contributed by atoms with E-state index in [-0.39, 0.29) is 11.8 Å². The number of carbonyl (C=O) groups excluding carboxylic acids is 1. The number of Topliss-reactive ketones (excluding diaryl/α,β-unsaturated/α-hetero) is 1. The molecule has 0 fully saturated rings. The van der Waals surface area contributed by atoms with Crippen LogP contribution >= 0.6 is 0 Å². The normalized spacial score (nSPS) is 14.4. The van der Waals surface area contributed by atoms with Gasteiger partial charge < -0.3 is 0 Å². The summed E-state index contributed by atoms with van der Waals surface area (Å²) in [6.45, 7) is 5.12. The Kier molecular flexibility index (Phi) is 3.08. The number of nitrogens with zero attached hydrogens (tertiary/aromatic N) is 1. The van der Waals surface area contributed by atoms with Crippen LogP contribution in [-0.2, 0) is 4.79 Å². The second-order valence-electron chi connectivity index (χ2n) is 1.69. The van der Waals surface area contributed by atoms with Crippen LogP contribution in [0.4, 0.5) is 0 Å². The van der Waals surface area contributed by atoms with E-state index in [0.717, 1.165) is 0 Å². The van der Waals surface area contributed by atoms with Gasteiger partial charge in [-0.1, -0.05) is 0 Å². The maximum Gasteiger partial charge on any atom is 0.153 e. The van der Waals surface area contributed by atoms with E-state index in [1.807, 2.05) is 0 Å². The lowest BCUT2D eigenvalue weighted by atomic mass is 10.2. The molecule has 0 aliphatic heterocycles. The van der Waals surface area contributed by atoms with Gasteiger partial charge in [-0.05, 0) is 27.0 Å². The van der Waals surface area contributed by atoms with E-state index in [0.29, 0.717) is 0 Å². The van der Waals surface area contributed by atoms with Crippen molar-refractivity contribution in [3.63, 3.8) is 0 Å². The molecule has 0 heterocycles. The fourth-order valence-corrected chi connectivity index (χ4v) is 0.329. The lowest BCUT2D eigenvalue weighted by Gasteiger charge is -1.95. The van der Waals surface area contributed by atoms with Gasteiger partial charge in [-0.25, -0.2) is 0 Å². The first-order valence-corrected chi connectivity index (χ1v) is 2.66. The minimum atomic E-state index is -0.153. The summed E-state index contributed by atoms with van der Waals surface area (Å²) in [4.78, 5) is 14.3. The molecule has 0 aliphatic carbocycles. The second-order valence-corrected chi connectivity index (χ2v) is 1.69. The molecule has 2 nitrogen and oxygen atoms in total. The third kappa shape index (κ3) is 2.50. The fraction of sp³-hybridized carbons (Fsp3) is 0.667. The van der Waals surface area contributed by atoms with Crippen molar-refractivity contribution in [3.05, 3.63) is 0 Å². The minimum absolute atomic E-state index is 0.114. The fourth-order valence-electron chi connectivity index (χ4n) is 0.329. The molecule has 1 atom stereocenters. The second kappa shape index (κ2) is 3.36. The van der Waals surface area contributed by atoms with Crippen LogP contribution in [0.5, 0.6) is 0 Å². The highest BCUT2D eigenvalue weighted by Gasteiger charge is 2.00. The molecule has 8 heavy (non-hydrogen) atoms. The SMILES string of the molecule is C/C=N/C(C)C(C)=O. The predicted molar refractivity (Wildman–Crippen MR) is 34.3 cm³/mol. The average Bonchev–Trinajstić information content (AvgIpc) is 1.67. The van der Waals surface area contributed by atoms with E-state index in [9.17, 15) is 4.79 Å². The summed E-state index contributed by atoms with van der Waals surface area (Å²) in [5.41, 5.74) is 0. The third-order valence-electron chi connectivity index (χ3n) is 0.961. The van der Waals surface area contributed by atoms with Gasteiger partial charge >= 0.3 is 0 Å². The van der Waals surface area contributed by atoms with Crippen LogP contribution in [0.15, 0.2) is 4.99 Å². The Morgan fingerprint density at radius 3 is 2.38 bits per heavy atom. The Balaban J connectivity index is 3.64. The zero-order chi connectivity index (χ0) is 6.57. The summed E-state index contributed by atoms with van der Waals surface area (Å²) in [6, 6.07) is -0.153. The van der Waals surface area contributed by atoms with Crippen molar-refractivity contribution in [1.82, 2.24) is 0 Å². The van der Waals surface area contributed by atoms with Gasteiger partial charge in [0.05, 0.1) is 0 Å². The third-order valence-corrected chi connectivity index (χ3v) is 0.961.